The van der Waals surface area contributed by atoms with Gasteiger partial charge in [-0.3, -0.25) is 37.3 Å². The number of unbranched alkanes of at least 4 members (excludes halogenated alkanes) is 48. The van der Waals surface area contributed by atoms with Gasteiger partial charge in [-0.15, -0.1) is 0 Å². The molecular weight excluding hydrogens is 1330 g/mol. The minimum atomic E-state index is -4.96. The van der Waals surface area contributed by atoms with Crippen molar-refractivity contribution in [2.24, 2.45) is 17.8 Å². The first-order valence-electron chi connectivity index (χ1n) is 42.9. The summed E-state index contributed by atoms with van der Waals surface area (Å²) in [6.07, 6.45) is 62.4. The fourth-order valence-electron chi connectivity index (χ4n) is 12.8. The number of hydrogen-bond donors (Lipinski definition) is 3. The highest BCUT2D eigenvalue weighted by Gasteiger charge is 2.30. The van der Waals surface area contributed by atoms with Crippen LogP contribution in [0, 0.1) is 17.8 Å². The monoisotopic (exact) mass is 1490 g/mol. The molecule has 0 aliphatic heterocycles. The summed E-state index contributed by atoms with van der Waals surface area (Å²) in [5.74, 6) is 0.345. The first-order valence-corrected chi connectivity index (χ1v) is 45.9. The van der Waals surface area contributed by atoms with E-state index in [9.17, 15) is 43.2 Å². The van der Waals surface area contributed by atoms with Gasteiger partial charge in [0, 0.05) is 25.7 Å². The summed E-state index contributed by atoms with van der Waals surface area (Å²) in [5, 5.41) is 10.6. The van der Waals surface area contributed by atoms with Crippen LogP contribution in [0.25, 0.3) is 0 Å². The molecule has 0 aliphatic carbocycles. The second-order valence-corrected chi connectivity index (χ2v) is 34.0. The largest absolute Gasteiger partial charge is 0.472 e. The number of aliphatic hydroxyl groups excluding tert-OH is 1. The van der Waals surface area contributed by atoms with E-state index < -0.39 is 97.5 Å². The molecule has 0 heterocycles. The maximum Gasteiger partial charge on any atom is 0.472 e. The molecule has 17 nitrogen and oxygen atoms in total. The highest BCUT2D eigenvalue weighted by atomic mass is 31.2. The number of hydrogen-bond acceptors (Lipinski definition) is 15. The molecule has 3 unspecified atom stereocenters. The standard InChI is InChI=1S/C83H162O17P2/c1-8-10-11-12-13-43-50-57-64-80(85)93-70-78(99-82(87)67-60-53-46-39-33-27-20-18-23-29-35-41-48-55-62-75(5)6)72-97-101(89,90)95-68-77(84)69-96-102(91,92)98-73-79(71-94-81(86)65-58-51-44-37-31-25-21-19-24-30-36-42-49-56-63-76(7)9-2)100-83(88)66-59-52-45-38-32-26-17-15-14-16-22-28-34-40-47-54-61-74(3)4/h74-79,84H,8-73H2,1-7H3,(H,89,90)(H,91,92)/t76?,77-,78+,79+/m0/s1. The van der Waals surface area contributed by atoms with Crippen molar-refractivity contribution in [3.05, 3.63) is 0 Å². The first kappa shape index (κ1) is 100. The molecule has 0 aliphatic rings. The average molecular weight is 1490 g/mol. The van der Waals surface area contributed by atoms with Crippen molar-refractivity contribution in [3.8, 4) is 0 Å². The predicted octanol–water partition coefficient (Wildman–Crippen LogP) is 24.9. The van der Waals surface area contributed by atoms with E-state index in [0.29, 0.717) is 25.7 Å². The number of carbonyl (C=O) groups is 4. The molecule has 0 bridgehead atoms. The van der Waals surface area contributed by atoms with E-state index >= 15 is 0 Å². The lowest BCUT2D eigenvalue weighted by molar-refractivity contribution is -0.161. The van der Waals surface area contributed by atoms with E-state index in [-0.39, 0.29) is 25.7 Å². The van der Waals surface area contributed by atoms with Gasteiger partial charge in [-0.05, 0) is 43.4 Å². The van der Waals surface area contributed by atoms with Crippen LogP contribution in [0.15, 0.2) is 0 Å². The van der Waals surface area contributed by atoms with Gasteiger partial charge in [0.2, 0.25) is 0 Å². The molecule has 0 saturated heterocycles. The number of ether oxygens (including phenoxy) is 4. The Balaban J connectivity index is 5.20. The molecule has 19 heteroatoms. The number of rotatable bonds is 81. The number of phosphoric acid groups is 2. The molecule has 0 aromatic carbocycles. The molecule has 0 saturated carbocycles. The van der Waals surface area contributed by atoms with Crippen LogP contribution in [0.2, 0.25) is 0 Å². The third-order valence-electron chi connectivity index (χ3n) is 19.7. The summed E-state index contributed by atoms with van der Waals surface area (Å²) < 4.78 is 68.7. The first-order chi connectivity index (χ1) is 49.3. The van der Waals surface area contributed by atoms with Crippen LogP contribution in [0.4, 0.5) is 0 Å². The Labute approximate surface area is 626 Å². The molecule has 0 aromatic rings. The second-order valence-electron chi connectivity index (χ2n) is 31.1. The van der Waals surface area contributed by atoms with Gasteiger partial charge in [0.1, 0.15) is 19.3 Å². The lowest BCUT2D eigenvalue weighted by Gasteiger charge is -2.21. The number of esters is 4. The van der Waals surface area contributed by atoms with Crippen molar-refractivity contribution in [2.75, 3.05) is 39.6 Å². The van der Waals surface area contributed by atoms with Gasteiger partial charge >= 0.3 is 39.5 Å². The SMILES string of the molecule is CCCCCCCCCCC(=O)OC[C@H](COP(=O)(O)OC[C@H](O)COP(=O)(O)OC[C@@H](COC(=O)CCCCCCCCCCCCCCCCC(C)CC)OC(=O)CCCCCCCCCCCCCCCCCCC(C)C)OC(=O)CCCCCCCCCCCCCCCCC(C)C. The van der Waals surface area contributed by atoms with Gasteiger partial charge in [0.15, 0.2) is 12.2 Å². The number of carbonyl (C=O) groups excluding carboxylic acids is 4. The van der Waals surface area contributed by atoms with Crippen molar-refractivity contribution in [3.63, 3.8) is 0 Å². The van der Waals surface area contributed by atoms with Crippen LogP contribution in [0.1, 0.15) is 434 Å². The molecule has 0 aromatic heterocycles. The summed E-state index contributed by atoms with van der Waals surface area (Å²) in [6, 6.07) is 0. The third kappa shape index (κ3) is 74.9. The Hall–Kier alpha value is -1.94. The summed E-state index contributed by atoms with van der Waals surface area (Å²) in [7, 11) is -9.92. The lowest BCUT2D eigenvalue weighted by atomic mass is 9.99. The molecule has 0 fully saturated rings. The minimum absolute atomic E-state index is 0.107. The third-order valence-corrected chi connectivity index (χ3v) is 21.6. The van der Waals surface area contributed by atoms with Gasteiger partial charge < -0.3 is 33.8 Å². The highest BCUT2D eigenvalue weighted by molar-refractivity contribution is 7.47. The van der Waals surface area contributed by atoms with Gasteiger partial charge in [-0.2, -0.15) is 0 Å². The zero-order chi connectivity index (χ0) is 75.1. The van der Waals surface area contributed by atoms with E-state index in [2.05, 4.69) is 48.5 Å². The van der Waals surface area contributed by atoms with E-state index in [0.717, 1.165) is 114 Å². The van der Waals surface area contributed by atoms with Crippen molar-refractivity contribution < 1.29 is 80.2 Å². The highest BCUT2D eigenvalue weighted by Crippen LogP contribution is 2.45. The van der Waals surface area contributed by atoms with Crippen LogP contribution < -0.4 is 0 Å². The molecule has 0 rings (SSSR count). The summed E-state index contributed by atoms with van der Waals surface area (Å²) in [5.41, 5.74) is 0. The summed E-state index contributed by atoms with van der Waals surface area (Å²) >= 11 is 0. The predicted molar refractivity (Wildman–Crippen MR) is 418 cm³/mol. The second kappa shape index (κ2) is 73.2. The molecule has 3 N–H and O–H groups in total. The van der Waals surface area contributed by atoms with Crippen LogP contribution in [0.3, 0.4) is 0 Å². The van der Waals surface area contributed by atoms with Gasteiger partial charge in [-0.25, -0.2) is 9.13 Å². The topological polar surface area (TPSA) is 237 Å². The number of phosphoric ester groups is 2. The molecular formula is C83H162O17P2. The Bertz CT molecular complexity index is 1980. The van der Waals surface area contributed by atoms with E-state index in [1.807, 2.05) is 0 Å². The van der Waals surface area contributed by atoms with Crippen LogP contribution in [-0.4, -0.2) is 96.7 Å². The lowest BCUT2D eigenvalue weighted by Crippen LogP contribution is -2.30. The Morgan fingerprint density at radius 1 is 0.284 bits per heavy atom. The molecule has 0 amide bonds. The molecule has 102 heavy (non-hydrogen) atoms. The van der Waals surface area contributed by atoms with Crippen molar-refractivity contribution in [2.45, 2.75) is 452 Å². The van der Waals surface area contributed by atoms with Crippen molar-refractivity contribution in [1.29, 1.82) is 0 Å². The Kier molecular flexibility index (Phi) is 71.8. The molecule has 6 atom stereocenters. The zero-order valence-electron chi connectivity index (χ0n) is 67.1. The Morgan fingerprint density at radius 2 is 0.500 bits per heavy atom. The van der Waals surface area contributed by atoms with Crippen molar-refractivity contribution >= 4 is 39.5 Å². The fraction of sp³-hybridized carbons (Fsp3) is 0.952. The average Bonchev–Trinajstić information content (AvgIpc) is 0.913. The van der Waals surface area contributed by atoms with E-state index in [4.69, 9.17) is 37.0 Å². The minimum Gasteiger partial charge on any atom is -0.462 e. The van der Waals surface area contributed by atoms with E-state index in [1.54, 1.807) is 0 Å². The quantitative estimate of drug-likeness (QED) is 0.0222. The zero-order valence-corrected chi connectivity index (χ0v) is 68.9. The molecule has 606 valence electrons. The molecule has 0 spiro atoms. The van der Waals surface area contributed by atoms with Gasteiger partial charge in [-0.1, -0.05) is 382 Å². The maximum atomic E-state index is 13.1. The summed E-state index contributed by atoms with van der Waals surface area (Å²) in [4.78, 5) is 73.0. The number of aliphatic hydroxyl groups is 1. The van der Waals surface area contributed by atoms with Crippen LogP contribution in [-0.2, 0) is 65.4 Å². The van der Waals surface area contributed by atoms with E-state index in [1.165, 1.54) is 238 Å². The van der Waals surface area contributed by atoms with Gasteiger partial charge in [0.25, 0.3) is 0 Å². The maximum absolute atomic E-state index is 13.1. The smallest absolute Gasteiger partial charge is 0.462 e. The van der Waals surface area contributed by atoms with Crippen molar-refractivity contribution in [1.82, 2.24) is 0 Å². The summed E-state index contributed by atoms with van der Waals surface area (Å²) in [6.45, 7) is 12.0. The van der Waals surface area contributed by atoms with Gasteiger partial charge in [0.05, 0.1) is 26.4 Å². The Morgan fingerprint density at radius 3 is 0.745 bits per heavy atom. The van der Waals surface area contributed by atoms with Crippen LogP contribution >= 0.6 is 15.6 Å². The fourth-order valence-corrected chi connectivity index (χ4v) is 14.4. The normalized spacial score (nSPS) is 14.2. The molecule has 0 radical (unpaired) electrons. The van der Waals surface area contributed by atoms with Crippen LogP contribution in [0.5, 0.6) is 0 Å².